The van der Waals surface area contributed by atoms with Gasteiger partial charge in [-0.25, -0.2) is 0 Å². The molecule has 0 unspecified atom stereocenters. The quantitative estimate of drug-likeness (QED) is 0.674. The molecule has 0 saturated heterocycles. The lowest BCUT2D eigenvalue weighted by Gasteiger charge is -2.35. The van der Waals surface area contributed by atoms with Crippen molar-refractivity contribution in [1.82, 2.24) is 9.47 Å². The molecule has 0 bridgehead atoms. The van der Waals surface area contributed by atoms with E-state index in [0.717, 1.165) is 42.1 Å². The summed E-state index contributed by atoms with van der Waals surface area (Å²) in [5, 5.41) is 0.784. The molecule has 1 heterocycles. The number of hydrogen-bond acceptors (Lipinski definition) is 1. The van der Waals surface area contributed by atoms with E-state index >= 15 is 0 Å². The van der Waals surface area contributed by atoms with Crippen LogP contribution >= 0.6 is 11.6 Å². The molecule has 1 aromatic carbocycles. The maximum Gasteiger partial charge on any atom is 0.226 e. The van der Waals surface area contributed by atoms with Gasteiger partial charge in [0, 0.05) is 35.4 Å². The van der Waals surface area contributed by atoms with Gasteiger partial charge in [0.1, 0.15) is 0 Å². The molecule has 0 spiro atoms. The van der Waals surface area contributed by atoms with Gasteiger partial charge < -0.3 is 9.47 Å². The highest BCUT2D eigenvalue weighted by atomic mass is 35.5. The first kappa shape index (κ1) is 18.1. The van der Waals surface area contributed by atoms with Crippen molar-refractivity contribution in [3.63, 3.8) is 0 Å². The van der Waals surface area contributed by atoms with Crippen molar-refractivity contribution < 1.29 is 4.79 Å². The molecule has 1 fully saturated rings. The molecule has 0 N–H and O–H groups in total. The number of benzene rings is 1. The van der Waals surface area contributed by atoms with Crippen LogP contribution in [0.2, 0.25) is 5.02 Å². The lowest BCUT2D eigenvalue weighted by atomic mass is 9.84. The number of amides is 1. The van der Waals surface area contributed by atoms with Crippen molar-refractivity contribution in [2.45, 2.75) is 58.7 Å². The molecular formula is C21H27ClN2O. The Morgan fingerprint density at radius 1 is 1.28 bits per heavy atom. The number of hydrogen-bond donors (Lipinski definition) is 0. The van der Waals surface area contributed by atoms with Crippen LogP contribution in [0.3, 0.4) is 0 Å². The van der Waals surface area contributed by atoms with Gasteiger partial charge in [0.2, 0.25) is 5.91 Å². The summed E-state index contributed by atoms with van der Waals surface area (Å²) < 4.78 is 2.20. The van der Waals surface area contributed by atoms with Crippen molar-refractivity contribution in [2.75, 3.05) is 0 Å². The molecule has 3 nitrogen and oxygen atoms in total. The van der Waals surface area contributed by atoms with Crippen LogP contribution in [0.1, 0.15) is 50.8 Å². The zero-order valence-electron chi connectivity index (χ0n) is 15.1. The SMILES string of the molecule is CC[C@H](C)N(Cc1cccn1Cc1ccccc1Cl)C(=O)C1CCC1. The Morgan fingerprint density at radius 3 is 2.68 bits per heavy atom. The van der Waals surface area contributed by atoms with Gasteiger partial charge in [-0.3, -0.25) is 4.79 Å². The Morgan fingerprint density at radius 2 is 2.04 bits per heavy atom. The van der Waals surface area contributed by atoms with Crippen molar-refractivity contribution >= 4 is 17.5 Å². The van der Waals surface area contributed by atoms with Gasteiger partial charge in [0.05, 0.1) is 6.54 Å². The van der Waals surface area contributed by atoms with Gasteiger partial charge in [-0.1, -0.05) is 43.1 Å². The third kappa shape index (κ3) is 4.09. The largest absolute Gasteiger partial charge is 0.345 e. The van der Waals surface area contributed by atoms with Crippen LogP contribution < -0.4 is 0 Å². The highest BCUT2D eigenvalue weighted by molar-refractivity contribution is 6.31. The van der Waals surface area contributed by atoms with E-state index in [2.05, 4.69) is 47.7 Å². The summed E-state index contributed by atoms with van der Waals surface area (Å²) in [5.41, 5.74) is 2.26. The normalized spacial score (nSPS) is 15.6. The summed E-state index contributed by atoms with van der Waals surface area (Å²) >= 11 is 6.31. The first-order chi connectivity index (χ1) is 12.1. The van der Waals surface area contributed by atoms with Crippen molar-refractivity contribution in [3.8, 4) is 0 Å². The highest BCUT2D eigenvalue weighted by Crippen LogP contribution is 2.30. The van der Waals surface area contributed by atoms with Gasteiger partial charge in [0.15, 0.2) is 0 Å². The van der Waals surface area contributed by atoms with Gasteiger partial charge in [-0.15, -0.1) is 0 Å². The molecule has 1 aliphatic carbocycles. The van der Waals surface area contributed by atoms with E-state index in [1.54, 1.807) is 0 Å². The standard InChI is InChI=1S/C21H27ClN2O/c1-3-16(2)24(21(25)17-9-6-10-17)15-19-11-7-13-23(19)14-18-8-4-5-12-20(18)22/h4-5,7-8,11-13,16-17H,3,6,9-10,14-15H2,1-2H3/t16-/m0/s1. The van der Waals surface area contributed by atoms with E-state index < -0.39 is 0 Å². The predicted octanol–water partition coefficient (Wildman–Crippen LogP) is 5.12. The molecule has 1 aromatic heterocycles. The third-order valence-electron chi connectivity index (χ3n) is 5.41. The third-order valence-corrected chi connectivity index (χ3v) is 5.78. The summed E-state index contributed by atoms with van der Waals surface area (Å²) in [5.74, 6) is 0.562. The number of nitrogens with zero attached hydrogens (tertiary/aromatic N) is 2. The maximum absolute atomic E-state index is 12.9. The number of carbonyl (C=O) groups is 1. The average Bonchev–Trinajstić information content (AvgIpc) is 2.99. The summed E-state index contributed by atoms with van der Waals surface area (Å²) in [4.78, 5) is 14.9. The van der Waals surface area contributed by atoms with E-state index in [-0.39, 0.29) is 12.0 Å². The second-order valence-electron chi connectivity index (χ2n) is 7.07. The molecule has 134 valence electrons. The molecule has 25 heavy (non-hydrogen) atoms. The molecule has 2 aromatic rings. The van der Waals surface area contributed by atoms with Crippen LogP contribution in [0.25, 0.3) is 0 Å². The number of aromatic nitrogens is 1. The van der Waals surface area contributed by atoms with Crippen LogP contribution in [0.15, 0.2) is 42.6 Å². The predicted molar refractivity (Wildman–Crippen MR) is 103 cm³/mol. The van der Waals surface area contributed by atoms with E-state index in [4.69, 9.17) is 11.6 Å². The minimum Gasteiger partial charge on any atom is -0.345 e. The average molecular weight is 359 g/mol. The molecule has 3 rings (SSSR count). The number of halogens is 1. The van der Waals surface area contributed by atoms with Crippen molar-refractivity contribution in [2.24, 2.45) is 5.92 Å². The lowest BCUT2D eigenvalue weighted by Crippen LogP contribution is -2.43. The topological polar surface area (TPSA) is 25.2 Å². The summed E-state index contributed by atoms with van der Waals surface area (Å²) in [6.45, 7) is 5.70. The molecular weight excluding hydrogens is 332 g/mol. The lowest BCUT2D eigenvalue weighted by molar-refractivity contribution is -0.141. The maximum atomic E-state index is 12.9. The first-order valence-corrected chi connectivity index (χ1v) is 9.65. The monoisotopic (exact) mass is 358 g/mol. The fraction of sp³-hybridized carbons (Fsp3) is 0.476. The Bertz CT molecular complexity index is 720. The van der Waals surface area contributed by atoms with Gasteiger partial charge in [-0.05, 0) is 49.9 Å². The molecule has 1 saturated carbocycles. The second-order valence-corrected chi connectivity index (χ2v) is 7.48. The Hall–Kier alpha value is -1.74. The second kappa shape index (κ2) is 8.09. The number of carbonyl (C=O) groups excluding carboxylic acids is 1. The molecule has 1 aliphatic rings. The van der Waals surface area contributed by atoms with E-state index in [1.807, 2.05) is 18.2 Å². The minimum atomic E-state index is 0.237. The smallest absolute Gasteiger partial charge is 0.226 e. The Kier molecular flexibility index (Phi) is 5.85. The summed E-state index contributed by atoms with van der Waals surface area (Å²) in [6, 6.07) is 12.4. The first-order valence-electron chi connectivity index (χ1n) is 9.28. The van der Waals surface area contributed by atoms with Crippen LogP contribution in [0.5, 0.6) is 0 Å². The summed E-state index contributed by atoms with van der Waals surface area (Å²) in [6.07, 6.45) is 6.33. The molecule has 1 atom stereocenters. The minimum absolute atomic E-state index is 0.237. The van der Waals surface area contributed by atoms with Crippen molar-refractivity contribution in [3.05, 3.63) is 58.9 Å². The molecule has 1 amide bonds. The van der Waals surface area contributed by atoms with Crippen LogP contribution in [-0.2, 0) is 17.9 Å². The Labute approximate surface area is 155 Å². The molecule has 4 heteroatoms. The van der Waals surface area contributed by atoms with E-state index in [1.165, 1.54) is 6.42 Å². The van der Waals surface area contributed by atoms with E-state index in [9.17, 15) is 4.79 Å². The van der Waals surface area contributed by atoms with Crippen LogP contribution in [-0.4, -0.2) is 21.4 Å². The Balaban J connectivity index is 1.77. The fourth-order valence-corrected chi connectivity index (χ4v) is 3.49. The van der Waals surface area contributed by atoms with Crippen LogP contribution in [0.4, 0.5) is 0 Å². The molecule has 0 radical (unpaired) electrons. The highest BCUT2D eigenvalue weighted by Gasteiger charge is 2.31. The van der Waals surface area contributed by atoms with E-state index in [0.29, 0.717) is 12.5 Å². The van der Waals surface area contributed by atoms with Crippen LogP contribution in [0, 0.1) is 5.92 Å². The zero-order chi connectivity index (χ0) is 17.8. The van der Waals surface area contributed by atoms with Gasteiger partial charge >= 0.3 is 0 Å². The van der Waals surface area contributed by atoms with Gasteiger partial charge in [0.25, 0.3) is 0 Å². The molecule has 0 aliphatic heterocycles. The zero-order valence-corrected chi connectivity index (χ0v) is 15.9. The van der Waals surface area contributed by atoms with Crippen molar-refractivity contribution in [1.29, 1.82) is 0 Å². The number of rotatable bonds is 7. The fourth-order valence-electron chi connectivity index (χ4n) is 3.29. The summed E-state index contributed by atoms with van der Waals surface area (Å²) in [7, 11) is 0. The van der Waals surface area contributed by atoms with Gasteiger partial charge in [-0.2, -0.15) is 0 Å².